The molecule has 106 valence electrons. The first kappa shape index (κ1) is 15.5. The van der Waals surface area contributed by atoms with Gasteiger partial charge in [-0.15, -0.1) is 0 Å². The third-order valence-corrected chi connectivity index (χ3v) is 3.65. The van der Waals surface area contributed by atoms with Gasteiger partial charge in [0.1, 0.15) is 0 Å². The highest BCUT2D eigenvalue weighted by atomic mass is 16.5. The van der Waals surface area contributed by atoms with Crippen molar-refractivity contribution in [1.29, 1.82) is 0 Å². The lowest BCUT2D eigenvalue weighted by Gasteiger charge is -2.28. The number of benzene rings is 1. The Kier molecular flexibility index (Phi) is 5.83. The van der Waals surface area contributed by atoms with Crippen LogP contribution >= 0.6 is 0 Å². The molecule has 4 N–H and O–H groups in total. The van der Waals surface area contributed by atoms with Crippen LogP contribution in [0.15, 0.2) is 24.3 Å². The summed E-state index contributed by atoms with van der Waals surface area (Å²) in [6.07, 6.45) is 2.18. The molecule has 0 spiro atoms. The average Bonchev–Trinajstić information content (AvgIpc) is 2.43. The summed E-state index contributed by atoms with van der Waals surface area (Å²) in [5.41, 5.74) is 12.8. The van der Waals surface area contributed by atoms with Crippen LogP contribution in [0.4, 0.5) is 5.69 Å². The highest BCUT2D eigenvalue weighted by Gasteiger charge is 2.36. The first-order valence-electron chi connectivity index (χ1n) is 6.79. The van der Waals surface area contributed by atoms with Gasteiger partial charge in [0.15, 0.2) is 0 Å². The summed E-state index contributed by atoms with van der Waals surface area (Å²) in [4.78, 5) is 12.1. The van der Waals surface area contributed by atoms with Crippen molar-refractivity contribution in [2.75, 3.05) is 18.9 Å². The van der Waals surface area contributed by atoms with Gasteiger partial charge in [-0.2, -0.15) is 0 Å². The van der Waals surface area contributed by atoms with Crippen molar-refractivity contribution in [2.45, 2.75) is 33.1 Å². The Hall–Kier alpha value is -1.55. The molecule has 1 rings (SSSR count). The van der Waals surface area contributed by atoms with Crippen LogP contribution in [0.2, 0.25) is 0 Å². The maximum Gasteiger partial charge on any atom is 0.313 e. The number of rotatable bonds is 7. The molecule has 0 heterocycles. The van der Waals surface area contributed by atoms with Crippen molar-refractivity contribution in [3.8, 4) is 0 Å². The van der Waals surface area contributed by atoms with Crippen LogP contribution in [0.1, 0.15) is 32.3 Å². The molecule has 0 radical (unpaired) electrons. The molecule has 0 saturated carbocycles. The third-order valence-electron chi connectivity index (χ3n) is 3.65. The Morgan fingerprint density at radius 1 is 1.26 bits per heavy atom. The van der Waals surface area contributed by atoms with E-state index in [1.165, 1.54) is 0 Å². The standard InChI is InChI=1S/C15H24N2O2/c1-3-15(11-16,14(18)19-4-2)10-9-12-5-7-13(17)8-6-12/h5-8H,3-4,9-11,16-17H2,1-2H3. The minimum atomic E-state index is -0.572. The fraction of sp³-hybridized carbons (Fsp3) is 0.533. The van der Waals surface area contributed by atoms with E-state index >= 15 is 0 Å². The molecule has 1 unspecified atom stereocenters. The highest BCUT2D eigenvalue weighted by Crippen LogP contribution is 2.29. The smallest absolute Gasteiger partial charge is 0.313 e. The van der Waals surface area contributed by atoms with Gasteiger partial charge < -0.3 is 16.2 Å². The summed E-state index contributed by atoms with van der Waals surface area (Å²) in [5, 5.41) is 0. The molecule has 0 bridgehead atoms. The van der Waals surface area contributed by atoms with Crippen molar-refractivity contribution >= 4 is 11.7 Å². The van der Waals surface area contributed by atoms with E-state index in [9.17, 15) is 4.79 Å². The van der Waals surface area contributed by atoms with E-state index in [2.05, 4.69) is 0 Å². The van der Waals surface area contributed by atoms with Gasteiger partial charge in [0.05, 0.1) is 12.0 Å². The van der Waals surface area contributed by atoms with Gasteiger partial charge in [-0.05, 0) is 43.9 Å². The number of nitrogen functional groups attached to an aromatic ring is 1. The number of aryl methyl sites for hydroxylation is 1. The van der Waals surface area contributed by atoms with Crippen molar-refractivity contribution in [2.24, 2.45) is 11.1 Å². The molecule has 0 aromatic heterocycles. The molecule has 4 nitrogen and oxygen atoms in total. The third kappa shape index (κ3) is 3.96. The van der Waals surface area contributed by atoms with Gasteiger partial charge in [0.25, 0.3) is 0 Å². The lowest BCUT2D eigenvalue weighted by Crippen LogP contribution is -2.40. The zero-order valence-electron chi connectivity index (χ0n) is 11.8. The first-order valence-corrected chi connectivity index (χ1v) is 6.79. The fourth-order valence-electron chi connectivity index (χ4n) is 2.11. The number of hydrogen-bond donors (Lipinski definition) is 2. The number of ether oxygens (including phenoxy) is 1. The number of anilines is 1. The van der Waals surface area contributed by atoms with Crippen LogP contribution < -0.4 is 11.5 Å². The zero-order valence-corrected chi connectivity index (χ0v) is 11.8. The molecular weight excluding hydrogens is 240 g/mol. The minimum absolute atomic E-state index is 0.185. The second-order valence-electron chi connectivity index (χ2n) is 4.80. The zero-order chi connectivity index (χ0) is 14.3. The van der Waals surface area contributed by atoms with Crippen LogP contribution in [0.5, 0.6) is 0 Å². The second-order valence-corrected chi connectivity index (χ2v) is 4.80. The number of carbonyl (C=O) groups is 1. The first-order chi connectivity index (χ1) is 9.07. The van der Waals surface area contributed by atoms with E-state index in [4.69, 9.17) is 16.2 Å². The number of hydrogen-bond acceptors (Lipinski definition) is 4. The van der Waals surface area contributed by atoms with Gasteiger partial charge in [0, 0.05) is 12.2 Å². The van der Waals surface area contributed by atoms with Crippen molar-refractivity contribution < 1.29 is 9.53 Å². The molecule has 4 heteroatoms. The fourth-order valence-corrected chi connectivity index (χ4v) is 2.11. The average molecular weight is 264 g/mol. The Morgan fingerprint density at radius 2 is 1.89 bits per heavy atom. The highest BCUT2D eigenvalue weighted by molar-refractivity contribution is 5.77. The lowest BCUT2D eigenvalue weighted by molar-refractivity contribution is -0.155. The molecule has 0 fully saturated rings. The predicted octanol–water partition coefficient (Wildman–Crippen LogP) is 2.12. The van der Waals surface area contributed by atoms with E-state index in [1.54, 1.807) is 0 Å². The quantitative estimate of drug-likeness (QED) is 0.584. The molecule has 0 aliphatic rings. The molecule has 0 aliphatic carbocycles. The molecule has 19 heavy (non-hydrogen) atoms. The predicted molar refractivity (Wildman–Crippen MR) is 77.6 cm³/mol. The monoisotopic (exact) mass is 264 g/mol. The topological polar surface area (TPSA) is 78.3 Å². The molecule has 0 aliphatic heterocycles. The normalized spacial score (nSPS) is 13.8. The Labute approximate surface area is 115 Å². The van der Waals surface area contributed by atoms with E-state index in [0.29, 0.717) is 26.0 Å². The summed E-state index contributed by atoms with van der Waals surface area (Å²) in [6, 6.07) is 7.71. The van der Waals surface area contributed by atoms with Gasteiger partial charge >= 0.3 is 5.97 Å². The van der Waals surface area contributed by atoms with Crippen LogP contribution in [-0.2, 0) is 16.0 Å². The molecule has 1 atom stereocenters. The maximum atomic E-state index is 12.1. The summed E-state index contributed by atoms with van der Waals surface area (Å²) in [6.45, 7) is 4.50. The maximum absolute atomic E-state index is 12.1. The van der Waals surface area contributed by atoms with Crippen molar-refractivity contribution in [3.63, 3.8) is 0 Å². The van der Waals surface area contributed by atoms with Crippen LogP contribution in [0.3, 0.4) is 0 Å². The molecule has 1 aromatic carbocycles. The molecule has 0 amide bonds. The number of esters is 1. The lowest BCUT2D eigenvalue weighted by atomic mass is 9.79. The van der Waals surface area contributed by atoms with E-state index in [0.717, 1.165) is 17.7 Å². The largest absolute Gasteiger partial charge is 0.466 e. The Bertz CT molecular complexity index is 397. The van der Waals surface area contributed by atoms with Crippen LogP contribution in [0, 0.1) is 5.41 Å². The molecule has 1 aromatic rings. The van der Waals surface area contributed by atoms with E-state index in [-0.39, 0.29) is 5.97 Å². The van der Waals surface area contributed by atoms with Crippen molar-refractivity contribution in [1.82, 2.24) is 0 Å². The van der Waals surface area contributed by atoms with Gasteiger partial charge in [-0.1, -0.05) is 19.1 Å². The summed E-state index contributed by atoms with van der Waals surface area (Å²) >= 11 is 0. The van der Waals surface area contributed by atoms with E-state index < -0.39 is 5.41 Å². The minimum Gasteiger partial charge on any atom is -0.466 e. The second kappa shape index (κ2) is 7.14. The van der Waals surface area contributed by atoms with Gasteiger partial charge in [-0.3, -0.25) is 4.79 Å². The molecule has 0 saturated heterocycles. The van der Waals surface area contributed by atoms with E-state index in [1.807, 2.05) is 38.1 Å². The SMILES string of the molecule is CCOC(=O)C(CC)(CN)CCc1ccc(N)cc1. The number of carbonyl (C=O) groups excluding carboxylic acids is 1. The summed E-state index contributed by atoms with van der Waals surface area (Å²) in [5.74, 6) is -0.185. The van der Waals surface area contributed by atoms with Crippen LogP contribution in [-0.4, -0.2) is 19.1 Å². The van der Waals surface area contributed by atoms with Crippen LogP contribution in [0.25, 0.3) is 0 Å². The Balaban J connectivity index is 2.73. The number of nitrogens with two attached hydrogens (primary N) is 2. The molecular formula is C15H24N2O2. The van der Waals surface area contributed by atoms with Gasteiger partial charge in [-0.25, -0.2) is 0 Å². The summed E-state index contributed by atoms with van der Waals surface area (Å²) in [7, 11) is 0. The van der Waals surface area contributed by atoms with Gasteiger partial charge in [0.2, 0.25) is 0 Å². The van der Waals surface area contributed by atoms with Crippen molar-refractivity contribution in [3.05, 3.63) is 29.8 Å². The Morgan fingerprint density at radius 3 is 2.37 bits per heavy atom. The summed E-state index contributed by atoms with van der Waals surface area (Å²) < 4.78 is 5.16.